The van der Waals surface area contributed by atoms with Gasteiger partial charge >= 0.3 is 5.97 Å². The predicted molar refractivity (Wildman–Crippen MR) is 66.5 cm³/mol. The Labute approximate surface area is 108 Å². The van der Waals surface area contributed by atoms with Crippen molar-refractivity contribution in [2.75, 3.05) is 5.75 Å². The fourth-order valence-corrected chi connectivity index (χ4v) is 3.84. The third-order valence-corrected chi connectivity index (χ3v) is 5.55. The first-order valence-electron chi connectivity index (χ1n) is 5.85. The highest BCUT2D eigenvalue weighted by Crippen LogP contribution is 2.52. The standard InChI is InChI=1S/C11H14N2O2S2/c14-8(15)5-11(3-4-11)6-16-10-12-9(13-17-10)7-1-2-7/h7H,1-6H2,(H,14,15). The van der Waals surface area contributed by atoms with E-state index in [1.807, 2.05) is 0 Å². The lowest BCUT2D eigenvalue weighted by Gasteiger charge is -2.09. The number of aromatic nitrogens is 2. The second-order valence-electron chi connectivity index (χ2n) is 5.05. The molecule has 3 rings (SSSR count). The van der Waals surface area contributed by atoms with Crippen LogP contribution in [0.2, 0.25) is 0 Å². The summed E-state index contributed by atoms with van der Waals surface area (Å²) in [5, 5.41) is 8.84. The zero-order valence-corrected chi connectivity index (χ0v) is 11.0. The van der Waals surface area contributed by atoms with Gasteiger partial charge in [0.15, 0.2) is 4.34 Å². The molecule has 6 heteroatoms. The summed E-state index contributed by atoms with van der Waals surface area (Å²) in [6.07, 6.45) is 4.84. The van der Waals surface area contributed by atoms with Crippen LogP contribution in [0.1, 0.15) is 43.8 Å². The second-order valence-corrected chi connectivity index (χ2v) is 7.03. The molecule has 0 amide bonds. The van der Waals surface area contributed by atoms with Gasteiger partial charge in [0.25, 0.3) is 0 Å². The molecule has 2 fully saturated rings. The number of carboxylic acids is 1. The quantitative estimate of drug-likeness (QED) is 0.805. The number of carbonyl (C=O) groups is 1. The zero-order valence-electron chi connectivity index (χ0n) is 9.39. The smallest absolute Gasteiger partial charge is 0.303 e. The predicted octanol–water partition coefficient (Wildman–Crippen LogP) is 2.76. The van der Waals surface area contributed by atoms with Gasteiger partial charge in [-0.1, -0.05) is 11.8 Å². The molecule has 0 aliphatic heterocycles. The average molecular weight is 270 g/mol. The number of nitrogens with zero attached hydrogens (tertiary/aromatic N) is 2. The molecule has 0 bridgehead atoms. The van der Waals surface area contributed by atoms with Crippen LogP contribution >= 0.6 is 23.3 Å². The highest BCUT2D eigenvalue weighted by molar-refractivity contribution is 8.00. The van der Waals surface area contributed by atoms with Gasteiger partial charge < -0.3 is 5.11 Å². The summed E-state index contributed by atoms with van der Waals surface area (Å²) in [4.78, 5) is 15.2. The van der Waals surface area contributed by atoms with Crippen LogP contribution < -0.4 is 0 Å². The summed E-state index contributed by atoms with van der Waals surface area (Å²) in [5.74, 6) is 1.80. The van der Waals surface area contributed by atoms with Gasteiger partial charge in [0.1, 0.15) is 5.82 Å². The van der Waals surface area contributed by atoms with Crippen LogP contribution in [0.25, 0.3) is 0 Å². The zero-order chi connectivity index (χ0) is 11.9. The van der Waals surface area contributed by atoms with Gasteiger partial charge in [-0.05, 0) is 42.6 Å². The van der Waals surface area contributed by atoms with Crippen LogP contribution in [0.3, 0.4) is 0 Å². The van der Waals surface area contributed by atoms with Crippen molar-refractivity contribution in [3.05, 3.63) is 5.82 Å². The lowest BCUT2D eigenvalue weighted by atomic mass is 10.1. The first-order valence-corrected chi connectivity index (χ1v) is 7.61. The van der Waals surface area contributed by atoms with Crippen LogP contribution in [-0.4, -0.2) is 26.2 Å². The SMILES string of the molecule is O=C(O)CC1(CSc2nc(C3CC3)ns2)CC1. The van der Waals surface area contributed by atoms with E-state index in [0.29, 0.717) is 12.3 Å². The fourth-order valence-electron chi connectivity index (χ4n) is 1.87. The van der Waals surface area contributed by atoms with Gasteiger partial charge in [-0.2, -0.15) is 4.37 Å². The van der Waals surface area contributed by atoms with E-state index in [0.717, 1.165) is 28.8 Å². The van der Waals surface area contributed by atoms with E-state index in [4.69, 9.17) is 5.11 Å². The van der Waals surface area contributed by atoms with E-state index in [1.54, 1.807) is 11.8 Å². The van der Waals surface area contributed by atoms with Crippen molar-refractivity contribution in [3.63, 3.8) is 0 Å². The lowest BCUT2D eigenvalue weighted by Crippen LogP contribution is -2.10. The molecule has 1 aromatic heterocycles. The van der Waals surface area contributed by atoms with Gasteiger partial charge in [-0.3, -0.25) is 4.79 Å². The third-order valence-electron chi connectivity index (χ3n) is 3.35. The molecule has 0 saturated heterocycles. The second kappa shape index (κ2) is 4.24. The lowest BCUT2D eigenvalue weighted by molar-refractivity contribution is -0.138. The average Bonchev–Trinajstić information content (AvgIpc) is 3.19. The molecule has 2 aliphatic carbocycles. The first kappa shape index (κ1) is 11.5. The largest absolute Gasteiger partial charge is 0.481 e. The van der Waals surface area contributed by atoms with Crippen LogP contribution in [0, 0.1) is 5.41 Å². The third kappa shape index (κ3) is 2.80. The molecule has 0 unspecified atom stereocenters. The van der Waals surface area contributed by atoms with Crippen molar-refractivity contribution in [3.8, 4) is 0 Å². The molecule has 1 heterocycles. The first-order chi connectivity index (χ1) is 8.17. The highest BCUT2D eigenvalue weighted by atomic mass is 32.2. The summed E-state index contributed by atoms with van der Waals surface area (Å²) in [5.41, 5.74) is 0.0436. The molecule has 17 heavy (non-hydrogen) atoms. The maximum atomic E-state index is 10.7. The van der Waals surface area contributed by atoms with Crippen molar-refractivity contribution in [2.24, 2.45) is 5.41 Å². The summed E-state index contributed by atoms with van der Waals surface area (Å²) in [6, 6.07) is 0. The Morgan fingerprint density at radius 2 is 2.29 bits per heavy atom. The topological polar surface area (TPSA) is 63.1 Å². The highest BCUT2D eigenvalue weighted by Gasteiger charge is 2.44. The van der Waals surface area contributed by atoms with E-state index in [-0.39, 0.29) is 5.41 Å². The monoisotopic (exact) mass is 270 g/mol. The molecule has 0 radical (unpaired) electrons. The Hall–Kier alpha value is -0.620. The van der Waals surface area contributed by atoms with E-state index < -0.39 is 5.97 Å². The maximum Gasteiger partial charge on any atom is 0.303 e. The van der Waals surface area contributed by atoms with Crippen molar-refractivity contribution in [1.82, 2.24) is 9.36 Å². The number of carboxylic acid groups (broad SMARTS) is 1. The Morgan fingerprint density at radius 1 is 1.53 bits per heavy atom. The van der Waals surface area contributed by atoms with Gasteiger partial charge in [0, 0.05) is 11.7 Å². The van der Waals surface area contributed by atoms with Gasteiger partial charge in [-0.25, -0.2) is 4.98 Å². The number of hydrogen-bond acceptors (Lipinski definition) is 5. The van der Waals surface area contributed by atoms with Crippen molar-refractivity contribution in [1.29, 1.82) is 0 Å². The van der Waals surface area contributed by atoms with Crippen LogP contribution in [-0.2, 0) is 4.79 Å². The fraction of sp³-hybridized carbons (Fsp3) is 0.727. The molecule has 92 valence electrons. The van der Waals surface area contributed by atoms with Crippen molar-refractivity contribution >= 4 is 29.3 Å². The van der Waals surface area contributed by atoms with Crippen LogP contribution in [0.15, 0.2) is 4.34 Å². The molecule has 0 spiro atoms. The Balaban J connectivity index is 1.54. The minimum atomic E-state index is -0.681. The Bertz CT molecular complexity index is 438. The molecule has 4 nitrogen and oxygen atoms in total. The van der Waals surface area contributed by atoms with Gasteiger partial charge in [0.05, 0.1) is 6.42 Å². The maximum absolute atomic E-state index is 10.7. The minimum Gasteiger partial charge on any atom is -0.481 e. The number of rotatable bonds is 6. The van der Waals surface area contributed by atoms with E-state index in [1.165, 1.54) is 24.4 Å². The molecule has 1 N–H and O–H groups in total. The summed E-state index contributed by atoms with van der Waals surface area (Å²) in [6.45, 7) is 0. The molecule has 1 aromatic rings. The minimum absolute atomic E-state index is 0.0436. The summed E-state index contributed by atoms with van der Waals surface area (Å²) in [7, 11) is 0. The summed E-state index contributed by atoms with van der Waals surface area (Å²) < 4.78 is 5.36. The number of hydrogen-bond donors (Lipinski definition) is 1. The molecule has 2 saturated carbocycles. The van der Waals surface area contributed by atoms with Gasteiger partial charge in [0.2, 0.25) is 0 Å². The number of aliphatic carboxylic acids is 1. The van der Waals surface area contributed by atoms with Crippen molar-refractivity contribution in [2.45, 2.75) is 42.4 Å². The molecule has 0 atom stereocenters. The van der Waals surface area contributed by atoms with E-state index in [9.17, 15) is 4.79 Å². The van der Waals surface area contributed by atoms with E-state index >= 15 is 0 Å². The van der Waals surface area contributed by atoms with Crippen molar-refractivity contribution < 1.29 is 9.90 Å². The Kier molecular flexibility index (Phi) is 2.86. The van der Waals surface area contributed by atoms with Crippen LogP contribution in [0.5, 0.6) is 0 Å². The van der Waals surface area contributed by atoms with Gasteiger partial charge in [-0.15, -0.1) is 0 Å². The van der Waals surface area contributed by atoms with Crippen LogP contribution in [0.4, 0.5) is 0 Å². The Morgan fingerprint density at radius 3 is 2.88 bits per heavy atom. The molecule has 2 aliphatic rings. The number of thioether (sulfide) groups is 1. The normalized spacial score (nSPS) is 21.4. The van der Waals surface area contributed by atoms with E-state index in [2.05, 4.69) is 9.36 Å². The molecule has 0 aromatic carbocycles. The molecular formula is C11H14N2O2S2. The molecular weight excluding hydrogens is 256 g/mol. The summed E-state index contributed by atoms with van der Waals surface area (Å²) >= 11 is 3.14.